The van der Waals surface area contributed by atoms with Gasteiger partial charge in [0.2, 0.25) is 0 Å². The van der Waals surface area contributed by atoms with Crippen LogP contribution in [0.15, 0.2) is 48.5 Å². The van der Waals surface area contributed by atoms with Crippen LogP contribution in [0.4, 0.5) is 11.4 Å². The molecule has 4 heteroatoms. The van der Waals surface area contributed by atoms with E-state index in [-0.39, 0.29) is 0 Å². The van der Waals surface area contributed by atoms with Gasteiger partial charge >= 0.3 is 0 Å². The van der Waals surface area contributed by atoms with Crippen LogP contribution >= 0.6 is 11.6 Å². The summed E-state index contributed by atoms with van der Waals surface area (Å²) in [6.45, 7) is 2.62. The number of anilines is 2. The Kier molecular flexibility index (Phi) is 4.86. The van der Waals surface area contributed by atoms with Gasteiger partial charge in [-0.1, -0.05) is 35.9 Å². The lowest BCUT2D eigenvalue weighted by molar-refractivity contribution is 0.0251. The Bertz CT molecular complexity index is 607. The molecule has 0 atom stereocenters. The molecular weight excluding hydrogens is 296 g/mol. The molecule has 2 aromatic carbocycles. The summed E-state index contributed by atoms with van der Waals surface area (Å²) in [5, 5.41) is 0.762. The van der Waals surface area contributed by atoms with Crippen molar-refractivity contribution in [3.63, 3.8) is 0 Å². The van der Waals surface area contributed by atoms with Crippen molar-refractivity contribution < 1.29 is 4.74 Å². The molecule has 0 amide bonds. The molecule has 0 saturated carbocycles. The minimum absolute atomic E-state index is 0.317. The van der Waals surface area contributed by atoms with E-state index < -0.39 is 0 Å². The first-order chi connectivity index (χ1) is 10.7. The van der Waals surface area contributed by atoms with Gasteiger partial charge in [-0.3, -0.25) is 0 Å². The number of halogens is 1. The molecular formula is C18H21ClN2O. The highest BCUT2D eigenvalue weighted by Crippen LogP contribution is 2.26. The van der Waals surface area contributed by atoms with Gasteiger partial charge in [0.15, 0.2) is 0 Å². The Morgan fingerprint density at radius 2 is 1.73 bits per heavy atom. The molecule has 3 nitrogen and oxygen atoms in total. The fourth-order valence-electron chi connectivity index (χ4n) is 2.83. The summed E-state index contributed by atoms with van der Waals surface area (Å²) in [6, 6.07) is 15.9. The molecule has 0 spiro atoms. The minimum atomic E-state index is 0.317. The maximum Gasteiger partial charge on any atom is 0.0720 e. The minimum Gasteiger partial charge on any atom is -0.397 e. The highest BCUT2D eigenvalue weighted by Gasteiger charge is 2.20. The van der Waals surface area contributed by atoms with Crippen molar-refractivity contribution in [2.24, 2.45) is 0 Å². The zero-order valence-electron chi connectivity index (χ0n) is 12.5. The number of rotatable bonds is 4. The lowest BCUT2D eigenvalue weighted by Crippen LogP contribution is -2.37. The maximum atomic E-state index is 6.05. The number of hydrogen-bond acceptors (Lipinski definition) is 3. The molecule has 0 radical (unpaired) electrons. The predicted octanol–water partition coefficient (Wildman–Crippen LogP) is 4.11. The first kappa shape index (κ1) is 15.2. The number of piperidine rings is 1. The Balaban J connectivity index is 1.50. The molecule has 2 aromatic rings. The highest BCUT2D eigenvalue weighted by atomic mass is 35.5. The van der Waals surface area contributed by atoms with Gasteiger partial charge in [0.25, 0.3) is 0 Å². The molecule has 116 valence electrons. The molecule has 0 aliphatic carbocycles. The predicted molar refractivity (Wildman–Crippen MR) is 92.3 cm³/mol. The number of nitrogen functional groups attached to an aromatic ring is 1. The third-order valence-corrected chi connectivity index (χ3v) is 4.37. The molecule has 1 heterocycles. The number of nitrogens with two attached hydrogens (primary N) is 1. The first-order valence-corrected chi connectivity index (χ1v) is 8.05. The molecule has 0 unspecified atom stereocenters. The van der Waals surface area contributed by atoms with Gasteiger partial charge in [-0.25, -0.2) is 0 Å². The van der Waals surface area contributed by atoms with Crippen LogP contribution in [0, 0.1) is 0 Å². The van der Waals surface area contributed by atoms with Gasteiger partial charge in [0, 0.05) is 18.1 Å². The summed E-state index contributed by atoms with van der Waals surface area (Å²) < 4.78 is 6.02. The molecule has 1 fully saturated rings. The average molecular weight is 317 g/mol. The maximum absolute atomic E-state index is 6.05. The zero-order chi connectivity index (χ0) is 15.4. The number of ether oxygens (including phenoxy) is 1. The second-order valence-electron chi connectivity index (χ2n) is 5.68. The van der Waals surface area contributed by atoms with Crippen molar-refractivity contribution in [1.82, 2.24) is 0 Å². The number of hydrogen-bond donors (Lipinski definition) is 1. The third kappa shape index (κ3) is 3.73. The fraction of sp³-hybridized carbons (Fsp3) is 0.333. The molecule has 1 aliphatic heterocycles. The van der Waals surface area contributed by atoms with E-state index in [0.717, 1.165) is 42.3 Å². The van der Waals surface area contributed by atoms with E-state index in [1.165, 1.54) is 5.56 Å². The summed E-state index contributed by atoms with van der Waals surface area (Å²) in [4.78, 5) is 2.34. The highest BCUT2D eigenvalue weighted by molar-refractivity contribution is 6.30. The first-order valence-electron chi connectivity index (χ1n) is 7.68. The second kappa shape index (κ2) is 7.03. The monoisotopic (exact) mass is 316 g/mol. The van der Waals surface area contributed by atoms with Crippen LogP contribution in [-0.2, 0) is 11.3 Å². The van der Waals surface area contributed by atoms with E-state index in [2.05, 4.69) is 11.0 Å². The number of nitrogens with zero attached hydrogens (tertiary/aromatic N) is 1. The van der Waals surface area contributed by atoms with Gasteiger partial charge in [-0.15, -0.1) is 0 Å². The van der Waals surface area contributed by atoms with E-state index in [1.807, 2.05) is 42.5 Å². The Hall–Kier alpha value is -1.71. The number of benzene rings is 2. The van der Waals surface area contributed by atoms with E-state index in [1.54, 1.807) is 0 Å². The van der Waals surface area contributed by atoms with Crippen LogP contribution in [0.2, 0.25) is 5.02 Å². The van der Waals surface area contributed by atoms with Crippen LogP contribution in [-0.4, -0.2) is 19.2 Å². The Morgan fingerprint density at radius 1 is 1.05 bits per heavy atom. The van der Waals surface area contributed by atoms with E-state index >= 15 is 0 Å². The van der Waals surface area contributed by atoms with E-state index in [0.29, 0.717) is 12.7 Å². The molecule has 22 heavy (non-hydrogen) atoms. The van der Waals surface area contributed by atoms with Crippen molar-refractivity contribution in [3.8, 4) is 0 Å². The molecule has 2 N–H and O–H groups in total. The van der Waals surface area contributed by atoms with Gasteiger partial charge in [0.05, 0.1) is 24.1 Å². The normalized spacial score (nSPS) is 16.0. The molecule has 1 saturated heterocycles. The van der Waals surface area contributed by atoms with Gasteiger partial charge in [-0.05, 0) is 42.7 Å². The van der Waals surface area contributed by atoms with E-state index in [4.69, 9.17) is 22.1 Å². The SMILES string of the molecule is Nc1ccccc1N1CCC(OCc2ccc(Cl)cc2)CC1. The Morgan fingerprint density at radius 3 is 2.41 bits per heavy atom. The molecule has 0 bridgehead atoms. The number of para-hydroxylation sites is 2. The fourth-order valence-corrected chi connectivity index (χ4v) is 2.96. The van der Waals surface area contributed by atoms with Crippen LogP contribution in [0.1, 0.15) is 18.4 Å². The third-order valence-electron chi connectivity index (χ3n) is 4.12. The topological polar surface area (TPSA) is 38.5 Å². The van der Waals surface area contributed by atoms with Gasteiger partial charge in [-0.2, -0.15) is 0 Å². The van der Waals surface area contributed by atoms with E-state index in [9.17, 15) is 0 Å². The summed E-state index contributed by atoms with van der Waals surface area (Å²) >= 11 is 5.89. The summed E-state index contributed by atoms with van der Waals surface area (Å²) in [6.07, 6.45) is 2.38. The van der Waals surface area contributed by atoms with Crippen molar-refractivity contribution in [2.45, 2.75) is 25.6 Å². The van der Waals surface area contributed by atoms with Gasteiger partial charge in [0.1, 0.15) is 0 Å². The summed E-state index contributed by atoms with van der Waals surface area (Å²) in [5.74, 6) is 0. The molecule has 3 rings (SSSR count). The molecule has 0 aromatic heterocycles. The quantitative estimate of drug-likeness (QED) is 0.863. The van der Waals surface area contributed by atoms with Crippen molar-refractivity contribution in [1.29, 1.82) is 0 Å². The Labute approximate surface area is 136 Å². The van der Waals surface area contributed by atoms with Crippen LogP contribution < -0.4 is 10.6 Å². The van der Waals surface area contributed by atoms with Gasteiger partial charge < -0.3 is 15.4 Å². The lowest BCUT2D eigenvalue weighted by Gasteiger charge is -2.34. The van der Waals surface area contributed by atoms with Crippen LogP contribution in [0.5, 0.6) is 0 Å². The van der Waals surface area contributed by atoms with Crippen molar-refractivity contribution in [3.05, 3.63) is 59.1 Å². The smallest absolute Gasteiger partial charge is 0.0720 e. The zero-order valence-corrected chi connectivity index (χ0v) is 13.3. The largest absolute Gasteiger partial charge is 0.397 e. The van der Waals surface area contributed by atoms with Crippen LogP contribution in [0.25, 0.3) is 0 Å². The molecule has 1 aliphatic rings. The van der Waals surface area contributed by atoms with Crippen LogP contribution in [0.3, 0.4) is 0 Å². The lowest BCUT2D eigenvalue weighted by atomic mass is 10.1. The summed E-state index contributed by atoms with van der Waals surface area (Å²) in [7, 11) is 0. The summed E-state index contributed by atoms with van der Waals surface area (Å²) in [5.41, 5.74) is 9.20. The van der Waals surface area contributed by atoms with Crippen molar-refractivity contribution in [2.75, 3.05) is 23.7 Å². The second-order valence-corrected chi connectivity index (χ2v) is 6.12. The standard InChI is InChI=1S/C18H21ClN2O/c19-15-7-5-14(6-8-15)13-22-16-9-11-21(12-10-16)18-4-2-1-3-17(18)20/h1-8,16H,9-13,20H2. The average Bonchev–Trinajstić information content (AvgIpc) is 2.55. The van der Waals surface area contributed by atoms with Crippen molar-refractivity contribution >= 4 is 23.0 Å².